The highest BCUT2D eigenvalue weighted by Crippen LogP contribution is 2.24. The van der Waals surface area contributed by atoms with Crippen molar-refractivity contribution in [2.45, 2.75) is 13.8 Å². The van der Waals surface area contributed by atoms with E-state index in [1.54, 1.807) is 29.8 Å². The van der Waals surface area contributed by atoms with Crippen molar-refractivity contribution >= 4 is 28.6 Å². The van der Waals surface area contributed by atoms with Crippen molar-refractivity contribution in [3.63, 3.8) is 0 Å². The molecule has 0 saturated heterocycles. The highest BCUT2D eigenvalue weighted by molar-refractivity contribution is 6.30. The average molecular weight is 302 g/mol. The molecule has 0 saturated carbocycles. The molecule has 106 valence electrons. The van der Waals surface area contributed by atoms with Crippen molar-refractivity contribution < 1.29 is 9.90 Å². The van der Waals surface area contributed by atoms with Crippen LogP contribution in [0, 0.1) is 13.8 Å². The predicted molar refractivity (Wildman–Crippen MR) is 80.3 cm³/mol. The number of aryl methyl sites for hydroxylation is 2. The van der Waals surface area contributed by atoms with E-state index in [0.717, 1.165) is 16.8 Å². The fourth-order valence-corrected chi connectivity index (χ4v) is 2.46. The smallest absolute Gasteiger partial charge is 0.337 e. The van der Waals surface area contributed by atoms with E-state index in [4.69, 9.17) is 11.6 Å². The van der Waals surface area contributed by atoms with Gasteiger partial charge in [0, 0.05) is 10.4 Å². The van der Waals surface area contributed by atoms with Gasteiger partial charge in [0.1, 0.15) is 0 Å². The zero-order valence-corrected chi connectivity index (χ0v) is 12.2. The quantitative estimate of drug-likeness (QED) is 0.788. The Morgan fingerprint density at radius 1 is 1.24 bits per heavy atom. The summed E-state index contributed by atoms with van der Waals surface area (Å²) in [5.41, 5.74) is 2.78. The summed E-state index contributed by atoms with van der Waals surface area (Å²) in [4.78, 5) is 15.6. The predicted octanol–water partition coefficient (Wildman–Crippen LogP) is 3.39. The minimum absolute atomic E-state index is 0.191. The number of nitrogens with zero attached hydrogens (tertiary/aromatic N) is 3. The lowest BCUT2D eigenvalue weighted by Gasteiger charge is -2.05. The number of carbonyl (C=O) groups is 1. The molecule has 0 fully saturated rings. The zero-order chi connectivity index (χ0) is 15.1. The van der Waals surface area contributed by atoms with Gasteiger partial charge in [-0.1, -0.05) is 17.7 Å². The first-order valence-electron chi connectivity index (χ1n) is 6.33. The van der Waals surface area contributed by atoms with Crippen molar-refractivity contribution in [3.05, 3.63) is 52.3 Å². The first-order chi connectivity index (χ1) is 9.97. The van der Waals surface area contributed by atoms with Gasteiger partial charge in [0.05, 0.1) is 22.6 Å². The van der Waals surface area contributed by atoms with Gasteiger partial charge < -0.3 is 5.11 Å². The normalized spacial score (nSPS) is 11.0. The second-order valence-electron chi connectivity index (χ2n) is 4.77. The SMILES string of the molecule is Cc1nc2c(cc1C(=O)O)c(C)nn2-c1cccc(Cl)c1. The van der Waals surface area contributed by atoms with Crippen LogP contribution < -0.4 is 0 Å². The summed E-state index contributed by atoms with van der Waals surface area (Å²) in [6.07, 6.45) is 0. The van der Waals surface area contributed by atoms with Crippen LogP contribution in [0.25, 0.3) is 16.7 Å². The maximum absolute atomic E-state index is 11.2. The van der Waals surface area contributed by atoms with E-state index in [0.29, 0.717) is 16.4 Å². The molecule has 2 heterocycles. The first kappa shape index (κ1) is 13.6. The molecule has 5 nitrogen and oxygen atoms in total. The molecule has 6 heteroatoms. The Kier molecular flexibility index (Phi) is 3.14. The largest absolute Gasteiger partial charge is 0.478 e. The number of pyridine rings is 1. The molecule has 0 unspecified atom stereocenters. The van der Waals surface area contributed by atoms with Gasteiger partial charge in [-0.15, -0.1) is 0 Å². The Hall–Kier alpha value is -2.40. The standard InChI is InChI=1S/C15H12ClN3O2/c1-8-13(15(20)21)7-12-9(2)18-19(14(12)17-8)11-5-3-4-10(16)6-11/h3-7H,1-2H3,(H,20,21). The van der Waals surface area contributed by atoms with Crippen molar-refractivity contribution in [1.82, 2.24) is 14.8 Å². The van der Waals surface area contributed by atoms with Crippen LogP contribution in [0.3, 0.4) is 0 Å². The fraction of sp³-hybridized carbons (Fsp3) is 0.133. The summed E-state index contributed by atoms with van der Waals surface area (Å²) in [5.74, 6) is -0.989. The van der Waals surface area contributed by atoms with Gasteiger partial charge in [-0.2, -0.15) is 5.10 Å². The van der Waals surface area contributed by atoms with Crippen LogP contribution in [0.5, 0.6) is 0 Å². The highest BCUT2D eigenvalue weighted by atomic mass is 35.5. The van der Waals surface area contributed by atoms with Crippen LogP contribution >= 0.6 is 11.6 Å². The first-order valence-corrected chi connectivity index (χ1v) is 6.71. The number of benzene rings is 1. The van der Waals surface area contributed by atoms with E-state index < -0.39 is 5.97 Å². The van der Waals surface area contributed by atoms with Gasteiger partial charge in [-0.05, 0) is 38.1 Å². The number of fused-ring (bicyclic) bond motifs is 1. The molecule has 1 aromatic carbocycles. The molecule has 0 amide bonds. The molecular weight excluding hydrogens is 290 g/mol. The molecule has 0 aliphatic rings. The number of carboxylic acid groups (broad SMARTS) is 1. The van der Waals surface area contributed by atoms with Crippen LogP contribution in [0.1, 0.15) is 21.7 Å². The Labute approximate surface area is 125 Å². The molecule has 1 N–H and O–H groups in total. The molecule has 0 atom stereocenters. The van der Waals surface area contributed by atoms with E-state index in [1.165, 1.54) is 0 Å². The van der Waals surface area contributed by atoms with Crippen molar-refractivity contribution in [3.8, 4) is 5.69 Å². The average Bonchev–Trinajstić information content (AvgIpc) is 2.74. The van der Waals surface area contributed by atoms with Gasteiger partial charge in [-0.25, -0.2) is 14.5 Å². The monoisotopic (exact) mass is 301 g/mol. The van der Waals surface area contributed by atoms with Gasteiger partial charge in [-0.3, -0.25) is 0 Å². The molecule has 2 aromatic heterocycles. The minimum Gasteiger partial charge on any atom is -0.478 e. The van der Waals surface area contributed by atoms with Crippen LogP contribution in [-0.2, 0) is 0 Å². The zero-order valence-electron chi connectivity index (χ0n) is 11.5. The Balaban J connectivity index is 2.31. The molecule has 0 spiro atoms. The molecule has 0 bridgehead atoms. The molecule has 0 aliphatic heterocycles. The summed E-state index contributed by atoms with van der Waals surface area (Å²) in [5, 5.41) is 15.0. The molecule has 3 rings (SSSR count). The molecule has 0 radical (unpaired) electrons. The number of hydrogen-bond acceptors (Lipinski definition) is 3. The maximum atomic E-state index is 11.2. The van der Waals surface area contributed by atoms with Gasteiger partial charge in [0.15, 0.2) is 5.65 Å². The number of carboxylic acids is 1. The van der Waals surface area contributed by atoms with Crippen LogP contribution in [0.2, 0.25) is 5.02 Å². The van der Waals surface area contributed by atoms with Gasteiger partial charge in [0.25, 0.3) is 0 Å². The summed E-state index contributed by atoms with van der Waals surface area (Å²) >= 11 is 6.01. The summed E-state index contributed by atoms with van der Waals surface area (Å²) in [7, 11) is 0. The summed E-state index contributed by atoms with van der Waals surface area (Å²) < 4.78 is 1.68. The Bertz CT molecular complexity index is 871. The Morgan fingerprint density at radius 3 is 2.67 bits per heavy atom. The third-order valence-electron chi connectivity index (χ3n) is 3.32. The van der Waals surface area contributed by atoms with Gasteiger partial charge in [0.2, 0.25) is 0 Å². The van der Waals surface area contributed by atoms with Crippen LogP contribution in [-0.4, -0.2) is 25.8 Å². The third-order valence-corrected chi connectivity index (χ3v) is 3.55. The number of hydrogen-bond donors (Lipinski definition) is 1. The lowest BCUT2D eigenvalue weighted by atomic mass is 10.1. The molecule has 3 aromatic rings. The van der Waals surface area contributed by atoms with Crippen molar-refractivity contribution in [2.24, 2.45) is 0 Å². The van der Waals surface area contributed by atoms with Crippen molar-refractivity contribution in [1.29, 1.82) is 0 Å². The second-order valence-corrected chi connectivity index (χ2v) is 5.21. The van der Waals surface area contributed by atoms with E-state index in [2.05, 4.69) is 10.1 Å². The summed E-state index contributed by atoms with van der Waals surface area (Å²) in [6.45, 7) is 3.50. The van der Waals surface area contributed by atoms with Crippen LogP contribution in [0.15, 0.2) is 30.3 Å². The molecule has 0 aliphatic carbocycles. The maximum Gasteiger partial charge on any atom is 0.337 e. The van der Waals surface area contributed by atoms with E-state index in [-0.39, 0.29) is 5.56 Å². The lowest BCUT2D eigenvalue weighted by molar-refractivity contribution is 0.0696. The number of aromatic nitrogens is 3. The van der Waals surface area contributed by atoms with E-state index in [1.807, 2.05) is 19.1 Å². The summed E-state index contributed by atoms with van der Waals surface area (Å²) in [6, 6.07) is 8.89. The van der Waals surface area contributed by atoms with Crippen LogP contribution in [0.4, 0.5) is 0 Å². The topological polar surface area (TPSA) is 68.0 Å². The number of rotatable bonds is 2. The number of halogens is 1. The van der Waals surface area contributed by atoms with E-state index >= 15 is 0 Å². The Morgan fingerprint density at radius 2 is 2.00 bits per heavy atom. The third kappa shape index (κ3) is 2.25. The second kappa shape index (κ2) is 4.86. The van der Waals surface area contributed by atoms with Gasteiger partial charge >= 0.3 is 5.97 Å². The minimum atomic E-state index is -0.989. The molecule has 21 heavy (non-hydrogen) atoms. The van der Waals surface area contributed by atoms with Crippen molar-refractivity contribution in [2.75, 3.05) is 0 Å². The lowest BCUT2D eigenvalue weighted by Crippen LogP contribution is -2.03. The van der Waals surface area contributed by atoms with E-state index in [9.17, 15) is 9.90 Å². The molecular formula is C15H12ClN3O2. The fourth-order valence-electron chi connectivity index (χ4n) is 2.28. The highest BCUT2D eigenvalue weighted by Gasteiger charge is 2.16. The number of aromatic carboxylic acids is 1.